The van der Waals surface area contributed by atoms with E-state index in [1.807, 2.05) is 12.1 Å². The van der Waals surface area contributed by atoms with Crippen LogP contribution in [0.15, 0.2) is 28.7 Å². The summed E-state index contributed by atoms with van der Waals surface area (Å²) in [6.45, 7) is 0.361. The number of benzene rings is 1. The average Bonchev–Trinajstić information content (AvgIpc) is 3.37. The maximum Gasteiger partial charge on any atom is 0.407 e. The molecular weight excluding hydrogens is 374 g/mol. The van der Waals surface area contributed by atoms with E-state index in [1.54, 1.807) is 12.1 Å². The number of amides is 2. The molecule has 1 saturated heterocycles. The van der Waals surface area contributed by atoms with Crippen LogP contribution in [0, 0.1) is 11.3 Å². The van der Waals surface area contributed by atoms with E-state index in [1.165, 1.54) is 9.80 Å². The van der Waals surface area contributed by atoms with Gasteiger partial charge in [0.15, 0.2) is 0 Å². The summed E-state index contributed by atoms with van der Waals surface area (Å²) in [7, 11) is 0. The zero-order chi connectivity index (χ0) is 17.3. The number of anilines is 1. The van der Waals surface area contributed by atoms with Crippen molar-refractivity contribution in [2.45, 2.75) is 43.7 Å². The van der Waals surface area contributed by atoms with E-state index in [0.717, 1.165) is 17.3 Å². The molecule has 1 aliphatic carbocycles. The highest BCUT2D eigenvalue weighted by Gasteiger charge is 2.53. The lowest BCUT2D eigenvalue weighted by Crippen LogP contribution is -2.55. The first kappa shape index (κ1) is 16.8. The summed E-state index contributed by atoms with van der Waals surface area (Å²) in [6.07, 6.45) is 2.23. The van der Waals surface area contributed by atoms with Crippen molar-refractivity contribution in [2.24, 2.45) is 0 Å². The van der Waals surface area contributed by atoms with Gasteiger partial charge in [0.25, 0.3) is 5.91 Å². The molecule has 0 spiro atoms. The van der Waals surface area contributed by atoms with E-state index in [2.05, 4.69) is 22.0 Å². The number of carboxylic acid groups (broad SMARTS) is 1. The van der Waals surface area contributed by atoms with Crippen LogP contribution in [0.25, 0.3) is 0 Å². The molecule has 1 N–H and O–H groups in total. The van der Waals surface area contributed by atoms with Crippen LogP contribution in [0.2, 0.25) is 0 Å². The van der Waals surface area contributed by atoms with Crippen molar-refractivity contribution < 1.29 is 14.7 Å². The molecule has 3 rings (SSSR count). The summed E-state index contributed by atoms with van der Waals surface area (Å²) in [5.74, 6) is -0.293. The number of hydrogen-bond acceptors (Lipinski definition) is 3. The summed E-state index contributed by atoms with van der Waals surface area (Å²) >= 11 is 3.37. The van der Waals surface area contributed by atoms with Crippen molar-refractivity contribution in [3.8, 4) is 6.07 Å². The zero-order valence-electron chi connectivity index (χ0n) is 13.1. The predicted molar refractivity (Wildman–Crippen MR) is 91.6 cm³/mol. The van der Waals surface area contributed by atoms with Crippen molar-refractivity contribution >= 4 is 33.6 Å². The fourth-order valence-corrected chi connectivity index (χ4v) is 3.51. The Labute approximate surface area is 148 Å². The van der Waals surface area contributed by atoms with Gasteiger partial charge in [0, 0.05) is 16.7 Å². The highest BCUT2D eigenvalue weighted by molar-refractivity contribution is 9.10. The SMILES string of the molecule is N#CC1(N(C(=O)C2CCCCN2C(=O)O)c2ccc(Br)cc2)CC1. The van der Waals surface area contributed by atoms with Crippen molar-refractivity contribution in [1.29, 1.82) is 5.26 Å². The van der Waals surface area contributed by atoms with Crippen molar-refractivity contribution in [3.05, 3.63) is 28.7 Å². The lowest BCUT2D eigenvalue weighted by atomic mass is 10.00. The molecule has 1 aliphatic heterocycles. The monoisotopic (exact) mass is 391 g/mol. The van der Waals surface area contributed by atoms with Crippen LogP contribution in [0.5, 0.6) is 0 Å². The van der Waals surface area contributed by atoms with Crippen LogP contribution in [0.4, 0.5) is 10.5 Å². The number of nitriles is 1. The molecule has 1 unspecified atom stereocenters. The van der Waals surface area contributed by atoms with E-state index in [0.29, 0.717) is 31.5 Å². The van der Waals surface area contributed by atoms with Crippen molar-refractivity contribution in [3.63, 3.8) is 0 Å². The van der Waals surface area contributed by atoms with Crippen LogP contribution in [0.3, 0.4) is 0 Å². The van der Waals surface area contributed by atoms with Crippen molar-refractivity contribution in [1.82, 2.24) is 4.90 Å². The van der Waals surface area contributed by atoms with Gasteiger partial charge in [0.05, 0.1) is 6.07 Å². The Balaban J connectivity index is 1.96. The van der Waals surface area contributed by atoms with E-state index in [9.17, 15) is 20.0 Å². The summed E-state index contributed by atoms with van der Waals surface area (Å²) in [6, 6.07) is 8.75. The second-order valence-electron chi connectivity index (χ2n) is 6.28. The van der Waals surface area contributed by atoms with Gasteiger partial charge in [-0.2, -0.15) is 5.26 Å². The number of rotatable bonds is 3. The lowest BCUT2D eigenvalue weighted by molar-refractivity contribution is -0.124. The highest BCUT2D eigenvalue weighted by Crippen LogP contribution is 2.44. The number of halogens is 1. The molecular formula is C17H18BrN3O3. The molecule has 0 aromatic heterocycles. The fourth-order valence-electron chi connectivity index (χ4n) is 3.25. The Hall–Kier alpha value is -2.07. The Morgan fingerprint density at radius 3 is 2.50 bits per heavy atom. The van der Waals surface area contributed by atoms with Crippen LogP contribution in [0.1, 0.15) is 32.1 Å². The van der Waals surface area contributed by atoms with Gasteiger partial charge < -0.3 is 5.11 Å². The molecule has 1 heterocycles. The van der Waals surface area contributed by atoms with E-state index in [-0.39, 0.29) is 5.91 Å². The molecule has 1 atom stereocenters. The second kappa shape index (κ2) is 6.44. The first-order chi connectivity index (χ1) is 11.5. The van der Waals surface area contributed by atoms with Gasteiger partial charge in [-0.3, -0.25) is 14.6 Å². The molecule has 1 saturated carbocycles. The first-order valence-electron chi connectivity index (χ1n) is 7.99. The molecule has 2 fully saturated rings. The topological polar surface area (TPSA) is 84.6 Å². The van der Waals surface area contributed by atoms with Crippen LogP contribution in [-0.2, 0) is 4.79 Å². The van der Waals surface area contributed by atoms with Gasteiger partial charge in [-0.25, -0.2) is 4.79 Å². The summed E-state index contributed by atoms with van der Waals surface area (Å²) < 4.78 is 0.880. The van der Waals surface area contributed by atoms with Gasteiger partial charge in [-0.15, -0.1) is 0 Å². The molecule has 2 amide bonds. The van der Waals surface area contributed by atoms with Gasteiger partial charge in [0.1, 0.15) is 11.6 Å². The Morgan fingerprint density at radius 2 is 1.96 bits per heavy atom. The number of carbonyl (C=O) groups excluding carboxylic acids is 1. The molecule has 0 radical (unpaired) electrons. The predicted octanol–water partition coefficient (Wildman–Crippen LogP) is 3.37. The largest absolute Gasteiger partial charge is 0.465 e. The minimum Gasteiger partial charge on any atom is -0.465 e. The Morgan fingerprint density at radius 1 is 1.29 bits per heavy atom. The summed E-state index contributed by atoms with van der Waals surface area (Å²) in [5, 5.41) is 19.0. The molecule has 6 nitrogen and oxygen atoms in total. The van der Waals surface area contributed by atoms with Gasteiger partial charge in [0.2, 0.25) is 0 Å². The second-order valence-corrected chi connectivity index (χ2v) is 7.20. The van der Waals surface area contributed by atoms with Gasteiger partial charge in [-0.1, -0.05) is 15.9 Å². The average molecular weight is 392 g/mol. The Kier molecular flexibility index (Phi) is 4.50. The van der Waals surface area contributed by atoms with E-state index < -0.39 is 17.7 Å². The quantitative estimate of drug-likeness (QED) is 0.855. The smallest absolute Gasteiger partial charge is 0.407 e. The summed E-state index contributed by atoms with van der Waals surface area (Å²) in [5.41, 5.74) is -0.204. The molecule has 1 aromatic rings. The molecule has 7 heteroatoms. The zero-order valence-corrected chi connectivity index (χ0v) is 14.7. The maximum absolute atomic E-state index is 13.2. The van der Waals surface area contributed by atoms with E-state index >= 15 is 0 Å². The van der Waals surface area contributed by atoms with Crippen LogP contribution in [-0.4, -0.2) is 40.1 Å². The number of hydrogen-bond donors (Lipinski definition) is 1. The maximum atomic E-state index is 13.2. The minimum absolute atomic E-state index is 0.293. The fraction of sp³-hybridized carbons (Fsp3) is 0.471. The number of likely N-dealkylation sites (tertiary alicyclic amines) is 1. The number of carbonyl (C=O) groups is 2. The minimum atomic E-state index is -1.08. The third-order valence-corrected chi connectivity index (χ3v) is 5.23. The normalized spacial score (nSPS) is 21.7. The van der Waals surface area contributed by atoms with E-state index in [4.69, 9.17) is 0 Å². The number of nitrogens with zero attached hydrogens (tertiary/aromatic N) is 3. The molecule has 24 heavy (non-hydrogen) atoms. The standard InChI is InChI=1S/C17H18BrN3O3/c18-12-4-6-13(7-5-12)21(17(11-19)8-9-17)15(22)14-3-1-2-10-20(14)16(23)24/h4-7,14H,1-3,8-10H2,(H,23,24). The van der Waals surface area contributed by atoms with Gasteiger partial charge in [-0.05, 0) is 56.4 Å². The van der Waals surface area contributed by atoms with Gasteiger partial charge >= 0.3 is 6.09 Å². The highest BCUT2D eigenvalue weighted by atomic mass is 79.9. The van der Waals surface area contributed by atoms with Crippen LogP contribution < -0.4 is 4.90 Å². The molecule has 0 bridgehead atoms. The Bertz CT molecular complexity index is 694. The lowest BCUT2D eigenvalue weighted by Gasteiger charge is -2.37. The third kappa shape index (κ3) is 2.98. The van der Waals surface area contributed by atoms with Crippen molar-refractivity contribution in [2.75, 3.05) is 11.4 Å². The third-order valence-electron chi connectivity index (χ3n) is 4.70. The molecule has 2 aliphatic rings. The molecule has 1 aromatic carbocycles. The summed E-state index contributed by atoms with van der Waals surface area (Å²) in [4.78, 5) is 27.4. The first-order valence-corrected chi connectivity index (χ1v) is 8.78. The molecule has 126 valence electrons. The van der Waals surface area contributed by atoms with Crippen LogP contribution >= 0.6 is 15.9 Å². The number of piperidine rings is 1.